The lowest BCUT2D eigenvalue weighted by Gasteiger charge is -2.43. The summed E-state index contributed by atoms with van der Waals surface area (Å²) in [5.41, 5.74) is 5.32. The van der Waals surface area contributed by atoms with Crippen LogP contribution in [0.5, 0.6) is 11.5 Å². The summed E-state index contributed by atoms with van der Waals surface area (Å²) < 4.78 is 78.5. The maximum Gasteiger partial charge on any atom is 0.329 e. The largest absolute Gasteiger partial charge is 0.488 e. The summed E-state index contributed by atoms with van der Waals surface area (Å²) in [4.78, 5) is 57.0. The van der Waals surface area contributed by atoms with Crippen LogP contribution in [0.15, 0.2) is 54.6 Å². The highest BCUT2D eigenvalue weighted by Gasteiger charge is 2.51. The molecule has 5 amide bonds. The number of aromatic nitrogens is 2. The fourth-order valence-corrected chi connectivity index (χ4v) is 13.3. The SMILES string of the molecule is CC1CN(C(=O)C2CCC(NCC3(c4ccccc4)Oc4cc(F)c(Cl)c(-c5c(C(N)=O)ccc(OCCO)c5F)c4C3C)CC2)CCC1CN1CCC(c2c(F)cc3c(N4CCC(=O)NC4=O)nn(C)c3c2F)C(C)C1. The summed E-state index contributed by atoms with van der Waals surface area (Å²) in [5, 5.41) is 19.5. The fraction of sp³-hybridized carbons (Fsp3) is 0.491. The molecule has 0 radical (unpaired) electrons. The number of carbonyl (C=O) groups is 4. The number of hydrogen-bond acceptors (Lipinski definition) is 10. The van der Waals surface area contributed by atoms with Crippen molar-refractivity contribution in [2.45, 2.75) is 89.2 Å². The van der Waals surface area contributed by atoms with Gasteiger partial charge in [-0.15, -0.1) is 0 Å². The summed E-state index contributed by atoms with van der Waals surface area (Å²) in [6.07, 6.45) is 4.31. The highest BCUT2D eigenvalue weighted by atomic mass is 35.5. The number of fused-ring (bicyclic) bond motifs is 2. The summed E-state index contributed by atoms with van der Waals surface area (Å²) in [6.45, 7) is 9.29. The first-order chi connectivity index (χ1) is 36.9. The Hall–Kier alpha value is -6.28. The number of primary amides is 1. The van der Waals surface area contributed by atoms with Crippen molar-refractivity contribution >= 4 is 52.1 Å². The standard InChI is InChI=1S/C57H65ClF4N8O7/c1-30-27-69(20-16-34(30)28-68-19-17-37(31(2)26-68)46-40(59)24-39-52(51(46)62)67(4)66-54(39)70-21-18-44(72)65-56(70)75)55(74)33-10-12-36(13-11-33)64-29-57(35-8-6-5-7-9-35)32(3)45-43(77-57)25-41(60)49(58)48(45)47-38(53(63)73)14-15-42(50(47)61)76-23-22-71/h5-9,14-15,24-25,30-34,36-37,64,71H,10-13,16-23,26-29H2,1-4H3,(H2,63,73)(H,65,72,75). The van der Waals surface area contributed by atoms with E-state index in [1.807, 2.05) is 49.1 Å². The Morgan fingerprint density at radius 3 is 2.35 bits per heavy atom. The number of carbonyl (C=O) groups excluding carboxylic acids is 4. The van der Waals surface area contributed by atoms with Crippen LogP contribution >= 0.6 is 11.6 Å². The van der Waals surface area contributed by atoms with E-state index >= 15 is 17.6 Å². The summed E-state index contributed by atoms with van der Waals surface area (Å²) >= 11 is 6.73. The number of aliphatic hydroxyl groups excluding tert-OH is 1. The van der Waals surface area contributed by atoms with Gasteiger partial charge in [-0.1, -0.05) is 62.7 Å². The number of hydrogen-bond donors (Lipinski definition) is 4. The summed E-state index contributed by atoms with van der Waals surface area (Å²) in [5.74, 6) is -5.00. The van der Waals surface area contributed by atoms with E-state index in [9.17, 15) is 24.3 Å². The minimum absolute atomic E-state index is 0.0245. The monoisotopic (exact) mass is 1080 g/mol. The number of anilines is 1. The molecule has 6 atom stereocenters. The van der Waals surface area contributed by atoms with E-state index in [0.717, 1.165) is 31.4 Å². The molecule has 5 N–H and O–H groups in total. The summed E-state index contributed by atoms with van der Waals surface area (Å²) in [7, 11) is 1.56. The zero-order chi connectivity index (χ0) is 54.6. The number of rotatable bonds is 14. The number of aryl methyl sites for hydroxylation is 1. The van der Waals surface area contributed by atoms with Crippen LogP contribution in [0.4, 0.5) is 28.2 Å². The van der Waals surface area contributed by atoms with Crippen LogP contribution in [0.2, 0.25) is 5.02 Å². The Balaban J connectivity index is 0.757. The zero-order valence-corrected chi connectivity index (χ0v) is 44.4. The Kier molecular flexibility index (Phi) is 15.4. The van der Waals surface area contributed by atoms with Gasteiger partial charge in [-0.25, -0.2) is 22.4 Å². The quantitative estimate of drug-likeness (QED) is 0.0787. The topological polar surface area (TPSA) is 185 Å². The molecule has 1 aliphatic carbocycles. The maximum absolute atomic E-state index is 16.5. The molecule has 20 heteroatoms. The number of imide groups is 1. The van der Waals surface area contributed by atoms with Gasteiger partial charge in [0, 0.05) is 98.9 Å². The van der Waals surface area contributed by atoms with Gasteiger partial charge < -0.3 is 35.4 Å². The Morgan fingerprint density at radius 1 is 0.909 bits per heavy atom. The normalized spacial score (nSPS) is 25.9. The molecule has 1 aromatic heterocycles. The molecule has 10 rings (SSSR count). The number of urea groups is 1. The molecule has 5 heterocycles. The lowest BCUT2D eigenvalue weighted by Crippen LogP contribution is -2.50. The lowest BCUT2D eigenvalue weighted by atomic mass is 9.77. The second kappa shape index (κ2) is 21.9. The van der Waals surface area contributed by atoms with Crippen molar-refractivity contribution in [3.63, 3.8) is 0 Å². The third-order valence-electron chi connectivity index (χ3n) is 17.2. The molecule has 0 bridgehead atoms. The first-order valence-electron chi connectivity index (χ1n) is 26.7. The first kappa shape index (κ1) is 54.1. The Labute approximate surface area is 449 Å². The van der Waals surface area contributed by atoms with Crippen LogP contribution in [0.1, 0.15) is 105 Å². The van der Waals surface area contributed by atoms with Crippen LogP contribution in [0, 0.1) is 46.9 Å². The third-order valence-corrected chi connectivity index (χ3v) is 17.6. The number of nitrogens with two attached hydrogens (primary N) is 1. The molecular formula is C57H65ClF4N8O7. The number of nitrogens with zero attached hydrogens (tertiary/aromatic N) is 5. The van der Waals surface area contributed by atoms with Crippen LogP contribution in [0.25, 0.3) is 22.0 Å². The van der Waals surface area contributed by atoms with Crippen molar-refractivity contribution in [2.24, 2.45) is 36.5 Å². The van der Waals surface area contributed by atoms with Gasteiger partial charge >= 0.3 is 6.03 Å². The lowest BCUT2D eigenvalue weighted by molar-refractivity contribution is -0.139. The number of nitrogens with one attached hydrogen (secondary N) is 2. The second-order valence-corrected chi connectivity index (χ2v) is 22.2. The molecule has 5 aromatic rings. The van der Waals surface area contributed by atoms with Gasteiger partial charge in [0.05, 0.1) is 22.6 Å². The molecular weight excluding hydrogens is 1020 g/mol. The smallest absolute Gasteiger partial charge is 0.329 e. The molecule has 3 saturated heterocycles. The number of ether oxygens (including phenoxy) is 2. The Morgan fingerprint density at radius 2 is 1.66 bits per heavy atom. The first-order valence-corrected chi connectivity index (χ1v) is 27.1. The molecule has 5 aliphatic rings. The molecule has 410 valence electrons. The fourth-order valence-electron chi connectivity index (χ4n) is 13.1. The van der Waals surface area contributed by atoms with Crippen molar-refractivity contribution in [3.05, 3.63) is 105 Å². The number of halogens is 5. The van der Waals surface area contributed by atoms with E-state index < -0.39 is 64.3 Å². The van der Waals surface area contributed by atoms with E-state index in [1.54, 1.807) is 7.05 Å². The molecule has 6 unspecified atom stereocenters. The molecule has 77 heavy (non-hydrogen) atoms. The van der Waals surface area contributed by atoms with Crippen molar-refractivity contribution in [2.75, 3.05) is 63.9 Å². The minimum Gasteiger partial charge on any atom is -0.488 e. The van der Waals surface area contributed by atoms with Gasteiger partial charge in [0.25, 0.3) is 0 Å². The number of piperidine rings is 2. The number of likely N-dealkylation sites (tertiary alicyclic amines) is 2. The van der Waals surface area contributed by atoms with E-state index in [1.165, 1.54) is 33.8 Å². The number of amides is 5. The van der Waals surface area contributed by atoms with Crippen LogP contribution in [-0.2, 0) is 22.2 Å². The van der Waals surface area contributed by atoms with Gasteiger partial charge in [0.2, 0.25) is 17.7 Å². The van der Waals surface area contributed by atoms with E-state index in [0.29, 0.717) is 56.9 Å². The molecule has 1 saturated carbocycles. The number of benzene rings is 4. The van der Waals surface area contributed by atoms with Gasteiger partial charge in [0.15, 0.2) is 28.8 Å². The van der Waals surface area contributed by atoms with Crippen molar-refractivity contribution in [1.82, 2.24) is 30.2 Å². The van der Waals surface area contributed by atoms with Gasteiger partial charge in [-0.2, -0.15) is 5.10 Å². The van der Waals surface area contributed by atoms with Crippen LogP contribution < -0.4 is 30.7 Å². The van der Waals surface area contributed by atoms with E-state index in [4.69, 9.17) is 26.8 Å². The highest BCUT2D eigenvalue weighted by Crippen LogP contribution is 2.57. The average molecular weight is 1090 g/mol. The third kappa shape index (κ3) is 10.0. The molecule has 4 aliphatic heterocycles. The van der Waals surface area contributed by atoms with E-state index in [-0.39, 0.29) is 112 Å². The molecule has 4 aromatic carbocycles. The zero-order valence-electron chi connectivity index (χ0n) is 43.7. The average Bonchev–Trinajstić information content (AvgIpc) is 4.06. The van der Waals surface area contributed by atoms with Crippen molar-refractivity contribution < 1.29 is 51.3 Å². The minimum atomic E-state index is -1.14. The molecule has 15 nitrogen and oxygen atoms in total. The predicted molar refractivity (Wildman–Crippen MR) is 282 cm³/mol. The number of aliphatic hydroxyl groups is 1. The van der Waals surface area contributed by atoms with Gasteiger partial charge in [0.1, 0.15) is 29.5 Å². The summed E-state index contributed by atoms with van der Waals surface area (Å²) in [6, 6.07) is 13.8. The van der Waals surface area contributed by atoms with Crippen LogP contribution in [0.3, 0.4) is 0 Å². The molecule has 0 spiro atoms. The van der Waals surface area contributed by atoms with E-state index in [2.05, 4.69) is 27.6 Å². The second-order valence-electron chi connectivity index (χ2n) is 21.8. The molecule has 4 fully saturated rings. The van der Waals surface area contributed by atoms with Crippen molar-refractivity contribution in [3.8, 4) is 22.6 Å². The van der Waals surface area contributed by atoms with Crippen molar-refractivity contribution in [1.29, 1.82) is 0 Å². The van der Waals surface area contributed by atoms with Gasteiger partial charge in [-0.3, -0.25) is 29.3 Å². The maximum atomic E-state index is 16.5. The predicted octanol–water partition coefficient (Wildman–Crippen LogP) is 8.52. The Bertz CT molecular complexity index is 3120. The van der Waals surface area contributed by atoms with Crippen LogP contribution in [-0.4, -0.2) is 114 Å². The highest BCUT2D eigenvalue weighted by molar-refractivity contribution is 6.34. The van der Waals surface area contributed by atoms with Gasteiger partial charge in [-0.05, 0) is 92.5 Å².